The number of carbonyl (C=O) groups is 4. The molecule has 60 heavy (non-hydrogen) atoms. The molecule has 0 N–H and O–H groups in total. The van der Waals surface area contributed by atoms with Crippen LogP contribution >= 0.6 is 0 Å². The van der Waals surface area contributed by atoms with Gasteiger partial charge in [-0.3, -0.25) is 19.2 Å². The minimum atomic E-state index is -3.06. The number of hydrogen-bond donors (Lipinski definition) is 0. The van der Waals surface area contributed by atoms with Crippen LogP contribution in [0, 0.1) is 0 Å². The summed E-state index contributed by atoms with van der Waals surface area (Å²) in [5.41, 5.74) is 4.23. The molecule has 0 saturated carbocycles. The van der Waals surface area contributed by atoms with Crippen LogP contribution in [0.5, 0.6) is 23.0 Å². The molecule has 4 aromatic rings. The predicted octanol–water partition coefficient (Wildman–Crippen LogP) is 9.03. The second-order valence-corrected chi connectivity index (χ2v) is 30.2. The van der Waals surface area contributed by atoms with Crippen molar-refractivity contribution >= 4 is 58.1 Å². The summed E-state index contributed by atoms with van der Waals surface area (Å²) in [6.45, 7) is 14.0. The van der Waals surface area contributed by atoms with Gasteiger partial charge >= 0.3 is 58.1 Å². The van der Waals surface area contributed by atoms with E-state index in [4.69, 9.17) is 35.4 Å². The SMILES string of the molecule is CC(=O)Oc1ccc(CC[Si]2(C)O[Si](C)(CCc3ccc(OC(C)=O)cc3)O[Si](C)(CCc3ccc(OC(C)=O)cc3)O[Si](C)(CCc3ccc(OC(C)=O)cc3)O2)cc1. The van der Waals surface area contributed by atoms with Crippen molar-refractivity contribution in [3.05, 3.63) is 119 Å². The largest absolute Gasteiger partial charge is 0.427 e. The van der Waals surface area contributed by atoms with E-state index in [0.29, 0.717) is 72.9 Å². The molecule has 0 aromatic heterocycles. The summed E-state index contributed by atoms with van der Waals surface area (Å²) in [6.07, 6.45) is 2.69. The Labute approximate surface area is 357 Å². The van der Waals surface area contributed by atoms with Crippen molar-refractivity contribution in [1.29, 1.82) is 0 Å². The summed E-state index contributed by atoms with van der Waals surface area (Å²) in [4.78, 5) is 46.2. The Hall–Kier alpha value is -4.53. The molecule has 320 valence electrons. The first-order chi connectivity index (χ1) is 28.3. The summed E-state index contributed by atoms with van der Waals surface area (Å²) in [7, 11) is -12.2. The fraction of sp³-hybridized carbons (Fsp3) is 0.364. The number of rotatable bonds is 16. The Morgan fingerprint density at radius 1 is 0.350 bits per heavy atom. The first-order valence-corrected chi connectivity index (χ1v) is 30.3. The van der Waals surface area contributed by atoms with E-state index in [2.05, 4.69) is 26.2 Å². The molecule has 1 aliphatic rings. The number of hydrogen-bond acceptors (Lipinski definition) is 12. The quantitative estimate of drug-likeness (QED) is 0.0602. The Morgan fingerprint density at radius 2 is 0.517 bits per heavy atom. The number of ether oxygens (including phenoxy) is 4. The van der Waals surface area contributed by atoms with Crippen LogP contribution < -0.4 is 18.9 Å². The van der Waals surface area contributed by atoms with Crippen LogP contribution in [0.4, 0.5) is 0 Å². The molecule has 1 heterocycles. The molecule has 16 heteroatoms. The van der Waals surface area contributed by atoms with Crippen molar-refractivity contribution < 1.29 is 54.6 Å². The van der Waals surface area contributed by atoms with Gasteiger partial charge < -0.3 is 35.4 Å². The summed E-state index contributed by atoms with van der Waals surface area (Å²) >= 11 is 0. The maximum Gasteiger partial charge on any atom is 0.317 e. The topological polar surface area (TPSA) is 142 Å². The summed E-state index contributed by atoms with van der Waals surface area (Å²) < 4.78 is 50.9. The van der Waals surface area contributed by atoms with E-state index in [1.54, 1.807) is 48.5 Å². The molecule has 0 bridgehead atoms. The molecule has 0 radical (unpaired) electrons. The highest BCUT2D eigenvalue weighted by atomic mass is 28.5. The monoisotopic (exact) mass is 888 g/mol. The van der Waals surface area contributed by atoms with Crippen molar-refractivity contribution in [2.24, 2.45) is 0 Å². The maximum atomic E-state index is 11.5. The van der Waals surface area contributed by atoms with Gasteiger partial charge in [0.25, 0.3) is 0 Å². The van der Waals surface area contributed by atoms with E-state index in [1.165, 1.54) is 27.7 Å². The van der Waals surface area contributed by atoms with Gasteiger partial charge in [0, 0.05) is 27.7 Å². The van der Waals surface area contributed by atoms with Crippen LogP contribution in [0.1, 0.15) is 49.9 Å². The lowest BCUT2D eigenvalue weighted by Gasteiger charge is -2.50. The van der Waals surface area contributed by atoms with E-state index in [0.717, 1.165) is 22.3 Å². The van der Waals surface area contributed by atoms with Crippen LogP contribution in [0.2, 0.25) is 50.4 Å². The Bertz CT molecular complexity index is 1780. The molecule has 1 fully saturated rings. The fourth-order valence-electron chi connectivity index (χ4n) is 7.36. The summed E-state index contributed by atoms with van der Waals surface area (Å²) in [6, 6.07) is 32.6. The van der Waals surface area contributed by atoms with Gasteiger partial charge in [-0.05, 0) is 147 Å². The average molecular weight is 889 g/mol. The second kappa shape index (κ2) is 20.4. The number of benzene rings is 4. The van der Waals surface area contributed by atoms with Crippen molar-refractivity contribution in [3.63, 3.8) is 0 Å². The van der Waals surface area contributed by atoms with Crippen LogP contribution in [-0.4, -0.2) is 58.1 Å². The molecule has 0 amide bonds. The van der Waals surface area contributed by atoms with E-state index < -0.39 is 34.2 Å². The lowest BCUT2D eigenvalue weighted by Crippen LogP contribution is -2.67. The standard InChI is InChI=1S/C44H56O12Si4/c1-33(45)49-41-17-9-37(10-18-41)25-29-57(5)53-58(6,30-26-38-11-19-42(20-12-38)50-34(2)46)55-60(8,32-28-40-15-23-44(24-16-40)52-36(4)48)56-59(7,54-57)31-27-39-13-21-43(22-14-39)51-35(3)47/h9-24H,25-32H2,1-8H3. The van der Waals surface area contributed by atoms with Crippen LogP contribution in [-0.2, 0) is 61.3 Å². The van der Waals surface area contributed by atoms with Gasteiger partial charge in [-0.15, -0.1) is 0 Å². The normalized spacial score (nSPS) is 22.8. The highest BCUT2D eigenvalue weighted by molar-refractivity contribution is 6.94. The van der Waals surface area contributed by atoms with Crippen molar-refractivity contribution in [2.45, 2.75) is 104 Å². The van der Waals surface area contributed by atoms with Gasteiger partial charge in [-0.1, -0.05) is 48.5 Å². The lowest BCUT2D eigenvalue weighted by molar-refractivity contribution is -0.132. The first-order valence-electron chi connectivity index (χ1n) is 20.2. The minimum absolute atomic E-state index is 0.374. The summed E-state index contributed by atoms with van der Waals surface area (Å²) in [5.74, 6) is 0.452. The molecular formula is C44H56O12Si4. The maximum absolute atomic E-state index is 11.5. The molecule has 0 unspecified atom stereocenters. The van der Waals surface area contributed by atoms with Crippen molar-refractivity contribution in [3.8, 4) is 23.0 Å². The van der Waals surface area contributed by atoms with Gasteiger partial charge in [0.2, 0.25) is 0 Å². The molecule has 1 saturated heterocycles. The van der Waals surface area contributed by atoms with E-state index in [-0.39, 0.29) is 23.9 Å². The molecule has 0 spiro atoms. The number of carbonyl (C=O) groups excluding carboxylic acids is 4. The third-order valence-corrected chi connectivity index (χ3v) is 28.4. The van der Waals surface area contributed by atoms with E-state index in [1.807, 2.05) is 48.5 Å². The lowest BCUT2D eigenvalue weighted by atomic mass is 10.2. The Balaban J connectivity index is 1.46. The molecule has 0 aliphatic carbocycles. The van der Waals surface area contributed by atoms with E-state index in [9.17, 15) is 19.2 Å². The third-order valence-electron chi connectivity index (χ3n) is 9.94. The van der Waals surface area contributed by atoms with Gasteiger partial charge in [-0.2, -0.15) is 0 Å². The molecule has 0 atom stereocenters. The van der Waals surface area contributed by atoms with Crippen LogP contribution in [0.3, 0.4) is 0 Å². The predicted molar refractivity (Wildman–Crippen MR) is 236 cm³/mol. The zero-order valence-electron chi connectivity index (χ0n) is 35.8. The van der Waals surface area contributed by atoms with Crippen molar-refractivity contribution in [2.75, 3.05) is 0 Å². The highest BCUT2D eigenvalue weighted by Gasteiger charge is 2.56. The van der Waals surface area contributed by atoms with Crippen LogP contribution in [0.25, 0.3) is 0 Å². The average Bonchev–Trinajstić information content (AvgIpc) is 3.15. The first kappa shape index (κ1) is 46.5. The van der Waals surface area contributed by atoms with Gasteiger partial charge in [0.15, 0.2) is 0 Å². The molecule has 12 nitrogen and oxygen atoms in total. The number of esters is 4. The molecule has 4 aromatic carbocycles. The molecular weight excluding hydrogens is 833 g/mol. The third kappa shape index (κ3) is 14.9. The summed E-state index contributed by atoms with van der Waals surface area (Å²) in [5, 5.41) is 0. The fourth-order valence-corrected chi connectivity index (χ4v) is 30.4. The van der Waals surface area contributed by atoms with E-state index >= 15 is 0 Å². The Morgan fingerprint density at radius 3 is 0.667 bits per heavy atom. The number of aryl methyl sites for hydroxylation is 4. The molecule has 1 aliphatic heterocycles. The second-order valence-electron chi connectivity index (χ2n) is 15.9. The van der Waals surface area contributed by atoms with Gasteiger partial charge in [0.1, 0.15) is 23.0 Å². The minimum Gasteiger partial charge on any atom is -0.427 e. The highest BCUT2D eigenvalue weighted by Crippen LogP contribution is 2.39. The molecule has 5 rings (SSSR count). The zero-order valence-corrected chi connectivity index (χ0v) is 39.8. The van der Waals surface area contributed by atoms with Crippen molar-refractivity contribution in [1.82, 2.24) is 0 Å². The zero-order chi connectivity index (χ0) is 43.6. The van der Waals surface area contributed by atoms with Crippen LogP contribution in [0.15, 0.2) is 97.1 Å². The Kier molecular flexibility index (Phi) is 15.8. The van der Waals surface area contributed by atoms with Gasteiger partial charge in [-0.25, -0.2) is 0 Å². The smallest absolute Gasteiger partial charge is 0.317 e. The van der Waals surface area contributed by atoms with Gasteiger partial charge in [0.05, 0.1) is 0 Å².